The average molecular weight is 224 g/mol. The van der Waals surface area contributed by atoms with E-state index in [-0.39, 0.29) is 0 Å². The lowest BCUT2D eigenvalue weighted by molar-refractivity contribution is 0.257. The molecule has 2 atom stereocenters. The summed E-state index contributed by atoms with van der Waals surface area (Å²) in [5.41, 5.74) is 5.71. The number of nitrogens with zero attached hydrogens (tertiary/aromatic N) is 1. The molecule has 84 valence electrons. The normalized spacial score (nSPS) is 24.6. The molecule has 2 N–H and O–H groups in total. The van der Waals surface area contributed by atoms with Gasteiger partial charge >= 0.3 is 0 Å². The van der Waals surface area contributed by atoms with Crippen molar-refractivity contribution in [3.05, 3.63) is 21.9 Å². The predicted octanol–water partition coefficient (Wildman–Crippen LogP) is 2.40. The molecule has 0 aromatic carbocycles. The Morgan fingerprint density at radius 2 is 2.40 bits per heavy atom. The lowest BCUT2D eigenvalue weighted by atomic mass is 10.1. The van der Waals surface area contributed by atoms with Gasteiger partial charge in [0, 0.05) is 22.3 Å². The lowest BCUT2D eigenvalue weighted by Gasteiger charge is -2.23. The molecule has 1 aromatic rings. The highest BCUT2D eigenvalue weighted by atomic mass is 32.1. The molecule has 1 fully saturated rings. The van der Waals surface area contributed by atoms with Gasteiger partial charge in [0.05, 0.1) is 0 Å². The first-order chi connectivity index (χ1) is 7.20. The number of hydrogen-bond acceptors (Lipinski definition) is 3. The predicted molar refractivity (Wildman–Crippen MR) is 66.2 cm³/mol. The molecule has 2 heterocycles. The van der Waals surface area contributed by atoms with Gasteiger partial charge in [0.2, 0.25) is 0 Å². The van der Waals surface area contributed by atoms with Crippen LogP contribution < -0.4 is 5.73 Å². The monoisotopic (exact) mass is 224 g/mol. The third-order valence-electron chi connectivity index (χ3n) is 3.37. The van der Waals surface area contributed by atoms with Crippen LogP contribution in [0.25, 0.3) is 0 Å². The Kier molecular flexibility index (Phi) is 3.44. The molecule has 0 saturated carbocycles. The fraction of sp³-hybridized carbons (Fsp3) is 0.667. The minimum absolute atomic E-state index is 0.570. The van der Waals surface area contributed by atoms with Gasteiger partial charge in [-0.05, 0) is 51.4 Å². The van der Waals surface area contributed by atoms with E-state index in [0.29, 0.717) is 12.0 Å². The summed E-state index contributed by atoms with van der Waals surface area (Å²) in [6, 6.07) is 5.05. The maximum atomic E-state index is 5.71. The van der Waals surface area contributed by atoms with Crippen molar-refractivity contribution in [1.82, 2.24) is 4.90 Å². The quantitative estimate of drug-likeness (QED) is 0.854. The zero-order valence-corrected chi connectivity index (χ0v) is 10.4. The molecule has 0 aliphatic carbocycles. The molecule has 0 bridgehead atoms. The molecule has 15 heavy (non-hydrogen) atoms. The second kappa shape index (κ2) is 4.64. The molecule has 0 amide bonds. The van der Waals surface area contributed by atoms with E-state index in [2.05, 4.69) is 30.9 Å². The van der Waals surface area contributed by atoms with Crippen LogP contribution in [0.4, 0.5) is 0 Å². The van der Waals surface area contributed by atoms with Crippen LogP contribution >= 0.6 is 11.3 Å². The van der Waals surface area contributed by atoms with Crippen LogP contribution in [-0.2, 0) is 0 Å². The summed E-state index contributed by atoms with van der Waals surface area (Å²) in [7, 11) is 0. The summed E-state index contributed by atoms with van der Waals surface area (Å²) < 4.78 is 0. The van der Waals surface area contributed by atoms with Crippen molar-refractivity contribution in [3.8, 4) is 0 Å². The highest BCUT2D eigenvalue weighted by Gasteiger charge is 2.26. The Bertz CT molecular complexity index is 321. The SMILES string of the molecule is Cc1ccc(C(C)N2CCC(CN)C2)s1. The van der Waals surface area contributed by atoms with Crippen LogP contribution in [0.2, 0.25) is 0 Å². The van der Waals surface area contributed by atoms with E-state index in [1.54, 1.807) is 0 Å². The zero-order valence-electron chi connectivity index (χ0n) is 9.57. The first kappa shape index (κ1) is 11.1. The second-order valence-electron chi connectivity index (χ2n) is 4.51. The highest BCUT2D eigenvalue weighted by molar-refractivity contribution is 7.12. The minimum Gasteiger partial charge on any atom is -0.330 e. The standard InChI is InChI=1S/C12H20N2S/c1-9-3-4-12(15-9)10(2)14-6-5-11(7-13)8-14/h3-4,10-11H,5-8,13H2,1-2H3. The van der Waals surface area contributed by atoms with Crippen molar-refractivity contribution in [2.24, 2.45) is 11.7 Å². The van der Waals surface area contributed by atoms with Gasteiger partial charge in [0.25, 0.3) is 0 Å². The van der Waals surface area contributed by atoms with Gasteiger partial charge in [-0.25, -0.2) is 0 Å². The van der Waals surface area contributed by atoms with Crippen LogP contribution in [0.3, 0.4) is 0 Å². The summed E-state index contributed by atoms with van der Waals surface area (Å²) in [6.45, 7) is 7.71. The number of rotatable bonds is 3. The molecule has 0 radical (unpaired) electrons. The van der Waals surface area contributed by atoms with Gasteiger partial charge in [-0.1, -0.05) is 0 Å². The summed E-state index contributed by atoms with van der Waals surface area (Å²) in [6.07, 6.45) is 1.27. The van der Waals surface area contributed by atoms with E-state index in [1.807, 2.05) is 11.3 Å². The van der Waals surface area contributed by atoms with Crippen molar-refractivity contribution >= 4 is 11.3 Å². The van der Waals surface area contributed by atoms with E-state index < -0.39 is 0 Å². The maximum absolute atomic E-state index is 5.71. The number of hydrogen-bond donors (Lipinski definition) is 1. The molecule has 0 spiro atoms. The third-order valence-corrected chi connectivity index (χ3v) is 4.54. The molecule has 1 saturated heterocycles. The van der Waals surface area contributed by atoms with Gasteiger partial charge in [0.15, 0.2) is 0 Å². The Morgan fingerprint density at radius 3 is 2.93 bits per heavy atom. The molecule has 2 rings (SSSR count). The van der Waals surface area contributed by atoms with Crippen molar-refractivity contribution in [2.45, 2.75) is 26.3 Å². The van der Waals surface area contributed by atoms with Crippen LogP contribution in [0.1, 0.15) is 29.1 Å². The topological polar surface area (TPSA) is 29.3 Å². The van der Waals surface area contributed by atoms with Crippen molar-refractivity contribution in [2.75, 3.05) is 19.6 Å². The largest absolute Gasteiger partial charge is 0.330 e. The molecule has 3 heteroatoms. The fourth-order valence-corrected chi connectivity index (χ4v) is 3.23. The first-order valence-corrected chi connectivity index (χ1v) is 6.53. The Balaban J connectivity index is 2.00. The van der Waals surface area contributed by atoms with E-state index in [0.717, 1.165) is 6.54 Å². The Labute approximate surface area is 96.1 Å². The van der Waals surface area contributed by atoms with E-state index >= 15 is 0 Å². The Morgan fingerprint density at radius 1 is 1.60 bits per heavy atom. The van der Waals surface area contributed by atoms with E-state index in [4.69, 9.17) is 5.73 Å². The number of thiophene rings is 1. The number of nitrogens with two attached hydrogens (primary N) is 1. The third kappa shape index (κ3) is 2.41. The minimum atomic E-state index is 0.570. The highest BCUT2D eigenvalue weighted by Crippen LogP contribution is 2.30. The van der Waals surface area contributed by atoms with Gasteiger partial charge in [0.1, 0.15) is 0 Å². The fourth-order valence-electron chi connectivity index (χ4n) is 2.26. The van der Waals surface area contributed by atoms with Crippen LogP contribution in [0, 0.1) is 12.8 Å². The van der Waals surface area contributed by atoms with Crippen molar-refractivity contribution in [3.63, 3.8) is 0 Å². The molecular weight excluding hydrogens is 204 g/mol. The molecule has 1 aliphatic heterocycles. The molecule has 1 aromatic heterocycles. The van der Waals surface area contributed by atoms with Gasteiger partial charge in [-0.15, -0.1) is 11.3 Å². The van der Waals surface area contributed by atoms with Gasteiger partial charge in [-0.2, -0.15) is 0 Å². The van der Waals surface area contributed by atoms with E-state index in [9.17, 15) is 0 Å². The summed E-state index contributed by atoms with van der Waals surface area (Å²) >= 11 is 1.92. The summed E-state index contributed by atoms with van der Waals surface area (Å²) in [5, 5.41) is 0. The number of aryl methyl sites for hydroxylation is 1. The van der Waals surface area contributed by atoms with Crippen molar-refractivity contribution in [1.29, 1.82) is 0 Å². The van der Waals surface area contributed by atoms with Crippen LogP contribution in [-0.4, -0.2) is 24.5 Å². The number of likely N-dealkylation sites (tertiary alicyclic amines) is 1. The zero-order chi connectivity index (χ0) is 10.8. The summed E-state index contributed by atoms with van der Waals surface area (Å²) in [4.78, 5) is 5.46. The maximum Gasteiger partial charge on any atom is 0.0413 e. The van der Waals surface area contributed by atoms with Crippen molar-refractivity contribution < 1.29 is 0 Å². The molecule has 2 nitrogen and oxygen atoms in total. The Hall–Kier alpha value is -0.380. The van der Waals surface area contributed by atoms with Gasteiger partial charge in [-0.3, -0.25) is 4.90 Å². The molecule has 2 unspecified atom stereocenters. The molecular formula is C12H20N2S. The smallest absolute Gasteiger partial charge is 0.0413 e. The first-order valence-electron chi connectivity index (χ1n) is 5.71. The van der Waals surface area contributed by atoms with Gasteiger partial charge < -0.3 is 5.73 Å². The van der Waals surface area contributed by atoms with Crippen LogP contribution in [0.15, 0.2) is 12.1 Å². The van der Waals surface area contributed by atoms with Crippen LogP contribution in [0.5, 0.6) is 0 Å². The van der Waals surface area contributed by atoms with E-state index in [1.165, 1.54) is 29.3 Å². The lowest BCUT2D eigenvalue weighted by Crippen LogP contribution is -2.25. The summed E-state index contributed by atoms with van der Waals surface area (Å²) in [5.74, 6) is 0.716. The molecule has 1 aliphatic rings. The second-order valence-corrected chi connectivity index (χ2v) is 5.83. The average Bonchev–Trinajstić information content (AvgIpc) is 2.84.